The molecule has 72 valence electrons. The first-order valence-electron chi connectivity index (χ1n) is 4.54. The smallest absolute Gasteiger partial charge is 0.0924 e. The van der Waals surface area contributed by atoms with Crippen molar-refractivity contribution in [2.75, 3.05) is 5.73 Å². The number of hydrogen-bond donors (Lipinski definition) is 2. The molecule has 3 heteroatoms. The number of nitrogens with two attached hydrogens (primary N) is 1. The zero-order valence-corrected chi connectivity index (χ0v) is 8.33. The Morgan fingerprint density at radius 1 is 1.29 bits per heavy atom. The Morgan fingerprint density at radius 3 is 2.71 bits per heavy atom. The SMILES string of the molecule is Cc1cc(N)cc(-c2cnc[nH]2)c1C. The molecular weight excluding hydrogens is 174 g/mol. The lowest BCUT2D eigenvalue weighted by molar-refractivity contribution is 1.29. The van der Waals surface area contributed by atoms with Gasteiger partial charge in [0.25, 0.3) is 0 Å². The second kappa shape index (κ2) is 3.18. The summed E-state index contributed by atoms with van der Waals surface area (Å²) in [5.41, 5.74) is 11.2. The summed E-state index contributed by atoms with van der Waals surface area (Å²) in [7, 11) is 0. The summed E-state index contributed by atoms with van der Waals surface area (Å²) >= 11 is 0. The number of hydrogen-bond acceptors (Lipinski definition) is 2. The largest absolute Gasteiger partial charge is 0.399 e. The molecule has 0 spiro atoms. The van der Waals surface area contributed by atoms with Gasteiger partial charge in [-0.05, 0) is 37.1 Å². The Kier molecular flexibility index (Phi) is 2.00. The highest BCUT2D eigenvalue weighted by atomic mass is 14.9. The molecule has 2 rings (SSSR count). The van der Waals surface area contributed by atoms with Gasteiger partial charge < -0.3 is 10.7 Å². The molecule has 0 aliphatic carbocycles. The summed E-state index contributed by atoms with van der Waals surface area (Å²) in [4.78, 5) is 7.08. The van der Waals surface area contributed by atoms with Crippen LogP contribution in [0.3, 0.4) is 0 Å². The van der Waals surface area contributed by atoms with Crippen LogP contribution in [0.15, 0.2) is 24.7 Å². The van der Waals surface area contributed by atoms with Gasteiger partial charge in [0.2, 0.25) is 0 Å². The third-order valence-electron chi connectivity index (χ3n) is 2.48. The van der Waals surface area contributed by atoms with Gasteiger partial charge in [-0.25, -0.2) is 4.98 Å². The number of nitrogens with one attached hydrogen (secondary N) is 1. The highest BCUT2D eigenvalue weighted by molar-refractivity contribution is 5.69. The summed E-state index contributed by atoms with van der Waals surface area (Å²) in [6, 6.07) is 3.95. The van der Waals surface area contributed by atoms with Crippen molar-refractivity contribution in [2.24, 2.45) is 0 Å². The second-order valence-corrected chi connectivity index (χ2v) is 3.48. The lowest BCUT2D eigenvalue weighted by atomic mass is 10.0. The minimum absolute atomic E-state index is 0.790. The Hall–Kier alpha value is -1.77. The number of benzene rings is 1. The first-order chi connectivity index (χ1) is 6.68. The van der Waals surface area contributed by atoms with E-state index in [1.54, 1.807) is 12.5 Å². The fourth-order valence-electron chi connectivity index (χ4n) is 1.57. The van der Waals surface area contributed by atoms with Crippen molar-refractivity contribution >= 4 is 5.69 Å². The van der Waals surface area contributed by atoms with Crippen molar-refractivity contribution in [1.82, 2.24) is 9.97 Å². The van der Waals surface area contributed by atoms with Gasteiger partial charge in [-0.2, -0.15) is 0 Å². The molecule has 0 saturated carbocycles. The summed E-state index contributed by atoms with van der Waals surface area (Å²) in [6.07, 6.45) is 3.48. The molecule has 0 aliphatic rings. The first-order valence-corrected chi connectivity index (χ1v) is 4.54. The highest BCUT2D eigenvalue weighted by Crippen LogP contribution is 2.26. The van der Waals surface area contributed by atoms with Crippen LogP contribution in [-0.4, -0.2) is 9.97 Å². The number of anilines is 1. The molecule has 0 aliphatic heterocycles. The van der Waals surface area contributed by atoms with Gasteiger partial charge in [0, 0.05) is 11.3 Å². The summed E-state index contributed by atoms with van der Waals surface area (Å²) < 4.78 is 0. The molecule has 0 fully saturated rings. The maximum atomic E-state index is 5.80. The standard InChI is InChI=1S/C11H13N3/c1-7-3-9(12)4-10(8(7)2)11-5-13-6-14-11/h3-6H,12H2,1-2H3,(H,13,14). The van der Waals surface area contributed by atoms with E-state index in [2.05, 4.69) is 23.8 Å². The van der Waals surface area contributed by atoms with E-state index < -0.39 is 0 Å². The van der Waals surface area contributed by atoms with Crippen molar-refractivity contribution in [1.29, 1.82) is 0 Å². The third kappa shape index (κ3) is 1.37. The maximum Gasteiger partial charge on any atom is 0.0924 e. The Labute approximate surface area is 83.0 Å². The van der Waals surface area contributed by atoms with Crippen molar-refractivity contribution < 1.29 is 0 Å². The van der Waals surface area contributed by atoms with Crippen LogP contribution in [0.2, 0.25) is 0 Å². The van der Waals surface area contributed by atoms with Gasteiger partial charge in [-0.3, -0.25) is 0 Å². The van der Waals surface area contributed by atoms with Crippen LogP contribution in [0, 0.1) is 13.8 Å². The van der Waals surface area contributed by atoms with Crippen molar-refractivity contribution in [3.05, 3.63) is 35.8 Å². The van der Waals surface area contributed by atoms with E-state index in [-0.39, 0.29) is 0 Å². The number of imidazole rings is 1. The Balaban J connectivity index is 2.64. The molecule has 0 atom stereocenters. The summed E-state index contributed by atoms with van der Waals surface area (Å²) in [5, 5.41) is 0. The zero-order chi connectivity index (χ0) is 10.1. The lowest BCUT2D eigenvalue weighted by Gasteiger charge is -2.08. The molecule has 1 aromatic carbocycles. The molecule has 3 nitrogen and oxygen atoms in total. The predicted octanol–water partition coefficient (Wildman–Crippen LogP) is 2.28. The molecule has 0 unspecified atom stereocenters. The van der Waals surface area contributed by atoms with E-state index in [0.29, 0.717) is 0 Å². The number of nitrogens with zero attached hydrogens (tertiary/aromatic N) is 1. The van der Waals surface area contributed by atoms with Crippen molar-refractivity contribution in [2.45, 2.75) is 13.8 Å². The Morgan fingerprint density at radius 2 is 2.07 bits per heavy atom. The maximum absolute atomic E-state index is 5.80. The van der Waals surface area contributed by atoms with E-state index in [4.69, 9.17) is 5.73 Å². The monoisotopic (exact) mass is 187 g/mol. The van der Waals surface area contributed by atoms with Gasteiger partial charge in [-0.15, -0.1) is 0 Å². The molecule has 14 heavy (non-hydrogen) atoms. The fraction of sp³-hybridized carbons (Fsp3) is 0.182. The molecule has 1 aromatic heterocycles. The molecule has 0 bridgehead atoms. The normalized spacial score (nSPS) is 10.4. The minimum Gasteiger partial charge on any atom is -0.399 e. The first kappa shape index (κ1) is 8.81. The average Bonchev–Trinajstić information content (AvgIpc) is 2.63. The Bertz CT molecular complexity index is 444. The molecule has 3 N–H and O–H groups in total. The zero-order valence-electron chi connectivity index (χ0n) is 8.33. The van der Waals surface area contributed by atoms with E-state index in [0.717, 1.165) is 16.9 Å². The number of nitrogen functional groups attached to an aromatic ring is 1. The van der Waals surface area contributed by atoms with Crippen LogP contribution in [0.1, 0.15) is 11.1 Å². The average molecular weight is 187 g/mol. The van der Waals surface area contributed by atoms with Crippen molar-refractivity contribution in [3.8, 4) is 11.3 Å². The van der Waals surface area contributed by atoms with Gasteiger partial charge in [-0.1, -0.05) is 0 Å². The van der Waals surface area contributed by atoms with Gasteiger partial charge in [0.1, 0.15) is 0 Å². The molecule has 2 aromatic rings. The van der Waals surface area contributed by atoms with Crippen LogP contribution in [0.5, 0.6) is 0 Å². The second-order valence-electron chi connectivity index (χ2n) is 3.48. The molecular formula is C11H13N3. The number of rotatable bonds is 1. The number of aromatic nitrogens is 2. The number of aromatic amines is 1. The topological polar surface area (TPSA) is 54.7 Å². The van der Waals surface area contributed by atoms with Gasteiger partial charge in [0.05, 0.1) is 18.2 Å². The van der Waals surface area contributed by atoms with Crippen LogP contribution in [0.4, 0.5) is 5.69 Å². The quantitative estimate of drug-likeness (QED) is 0.673. The summed E-state index contributed by atoms with van der Waals surface area (Å²) in [6.45, 7) is 4.15. The predicted molar refractivity (Wildman–Crippen MR) is 57.9 cm³/mol. The van der Waals surface area contributed by atoms with Crippen molar-refractivity contribution in [3.63, 3.8) is 0 Å². The lowest BCUT2D eigenvalue weighted by Crippen LogP contribution is -1.92. The van der Waals surface area contributed by atoms with Crippen LogP contribution in [-0.2, 0) is 0 Å². The van der Waals surface area contributed by atoms with Gasteiger partial charge >= 0.3 is 0 Å². The highest BCUT2D eigenvalue weighted by Gasteiger charge is 2.06. The summed E-state index contributed by atoms with van der Waals surface area (Å²) in [5.74, 6) is 0. The number of H-pyrrole nitrogens is 1. The molecule has 0 radical (unpaired) electrons. The molecule has 0 saturated heterocycles. The van der Waals surface area contributed by atoms with E-state index in [9.17, 15) is 0 Å². The van der Waals surface area contributed by atoms with Crippen LogP contribution < -0.4 is 5.73 Å². The molecule has 0 amide bonds. The fourth-order valence-corrected chi connectivity index (χ4v) is 1.57. The van der Waals surface area contributed by atoms with E-state index in [1.165, 1.54) is 11.1 Å². The van der Waals surface area contributed by atoms with Gasteiger partial charge in [0.15, 0.2) is 0 Å². The van der Waals surface area contributed by atoms with Crippen LogP contribution in [0.25, 0.3) is 11.3 Å². The minimum atomic E-state index is 0.790. The van der Waals surface area contributed by atoms with Crippen LogP contribution >= 0.6 is 0 Å². The number of aryl methyl sites for hydroxylation is 1. The van der Waals surface area contributed by atoms with E-state index >= 15 is 0 Å². The van der Waals surface area contributed by atoms with E-state index in [1.807, 2.05) is 12.1 Å². The third-order valence-corrected chi connectivity index (χ3v) is 2.48. The molecule has 1 heterocycles.